The van der Waals surface area contributed by atoms with Crippen molar-refractivity contribution in [2.45, 2.75) is 24.4 Å². The van der Waals surface area contributed by atoms with E-state index in [1.807, 2.05) is 0 Å². The number of ether oxygens (including phenoxy) is 4. The molecule has 0 unspecified atom stereocenters. The quantitative estimate of drug-likeness (QED) is 0.777. The van der Waals surface area contributed by atoms with E-state index >= 15 is 0 Å². The minimum atomic E-state index is -0.623. The molecule has 21 heavy (non-hydrogen) atoms. The van der Waals surface area contributed by atoms with Crippen LogP contribution in [0.4, 0.5) is 0 Å². The Morgan fingerprint density at radius 3 is 2.86 bits per heavy atom. The molecule has 0 bridgehead atoms. The number of amides is 1. The van der Waals surface area contributed by atoms with E-state index < -0.39 is 6.10 Å². The molecule has 7 heteroatoms. The van der Waals surface area contributed by atoms with Crippen LogP contribution in [0.3, 0.4) is 0 Å². The van der Waals surface area contributed by atoms with E-state index in [1.54, 1.807) is 18.2 Å². The molecule has 3 aliphatic heterocycles. The van der Waals surface area contributed by atoms with Gasteiger partial charge < -0.3 is 29.4 Å². The average Bonchev–Trinajstić information content (AvgIpc) is 3.17. The maximum Gasteiger partial charge on any atom is 0.251 e. The third-order valence-electron chi connectivity index (χ3n) is 3.98. The fourth-order valence-corrected chi connectivity index (χ4v) is 2.89. The maximum absolute atomic E-state index is 12.3. The van der Waals surface area contributed by atoms with Gasteiger partial charge in [0, 0.05) is 5.56 Å². The largest absolute Gasteiger partial charge is 0.454 e. The van der Waals surface area contributed by atoms with E-state index in [0.29, 0.717) is 23.7 Å². The third-order valence-corrected chi connectivity index (χ3v) is 3.98. The van der Waals surface area contributed by atoms with Crippen LogP contribution in [0, 0.1) is 0 Å². The standard InChI is InChI=1S/C14H15NO6/c16-9-5-19-12-8(4-18-13(9)12)15-14(17)7-1-2-10-11(3-7)21-6-20-10/h1-3,8-9,12-13,16H,4-6H2,(H,15,17)/t8-,9-,12-,13-/m1/s1. The molecule has 4 atom stereocenters. The van der Waals surface area contributed by atoms with E-state index in [2.05, 4.69) is 5.32 Å². The second-order valence-corrected chi connectivity index (χ2v) is 5.31. The minimum absolute atomic E-state index is 0.173. The molecule has 0 aliphatic carbocycles. The molecule has 4 rings (SSSR count). The summed E-state index contributed by atoms with van der Waals surface area (Å²) in [5.74, 6) is 0.973. The number of carbonyl (C=O) groups is 1. The van der Waals surface area contributed by atoms with Crippen molar-refractivity contribution in [3.8, 4) is 11.5 Å². The van der Waals surface area contributed by atoms with E-state index in [0.717, 1.165) is 0 Å². The molecule has 0 radical (unpaired) electrons. The highest BCUT2D eigenvalue weighted by atomic mass is 16.7. The van der Waals surface area contributed by atoms with E-state index in [4.69, 9.17) is 18.9 Å². The van der Waals surface area contributed by atoms with Crippen molar-refractivity contribution >= 4 is 5.91 Å². The number of aliphatic hydroxyl groups excluding tert-OH is 1. The van der Waals surface area contributed by atoms with Gasteiger partial charge in [0.25, 0.3) is 5.91 Å². The van der Waals surface area contributed by atoms with Crippen molar-refractivity contribution in [1.29, 1.82) is 0 Å². The van der Waals surface area contributed by atoms with Gasteiger partial charge in [0.15, 0.2) is 11.5 Å². The summed E-state index contributed by atoms with van der Waals surface area (Å²) in [6.45, 7) is 0.751. The van der Waals surface area contributed by atoms with Gasteiger partial charge in [-0.25, -0.2) is 0 Å². The number of nitrogens with one attached hydrogen (secondary N) is 1. The lowest BCUT2D eigenvalue weighted by Gasteiger charge is -2.17. The Balaban J connectivity index is 1.46. The summed E-state index contributed by atoms with van der Waals surface area (Å²) in [4.78, 5) is 12.3. The molecular formula is C14H15NO6. The Bertz CT molecular complexity index is 577. The number of hydrogen-bond acceptors (Lipinski definition) is 6. The zero-order valence-corrected chi connectivity index (χ0v) is 11.2. The van der Waals surface area contributed by atoms with Gasteiger partial charge in [-0.2, -0.15) is 0 Å². The van der Waals surface area contributed by atoms with Crippen molar-refractivity contribution in [3.05, 3.63) is 23.8 Å². The highest BCUT2D eigenvalue weighted by Crippen LogP contribution is 2.33. The molecule has 0 spiro atoms. The second-order valence-electron chi connectivity index (χ2n) is 5.31. The van der Waals surface area contributed by atoms with Crippen LogP contribution in [0.2, 0.25) is 0 Å². The molecule has 3 heterocycles. The predicted octanol–water partition coefficient (Wildman–Crippen LogP) is -0.328. The van der Waals surface area contributed by atoms with E-state index in [9.17, 15) is 9.90 Å². The van der Waals surface area contributed by atoms with Crippen LogP contribution >= 0.6 is 0 Å². The molecule has 0 aromatic heterocycles. The smallest absolute Gasteiger partial charge is 0.251 e. The van der Waals surface area contributed by atoms with Crippen molar-refractivity contribution in [2.75, 3.05) is 20.0 Å². The Labute approximate surface area is 120 Å². The summed E-state index contributed by atoms with van der Waals surface area (Å²) in [6.07, 6.45) is -1.27. The topological polar surface area (TPSA) is 86.3 Å². The fourth-order valence-electron chi connectivity index (χ4n) is 2.89. The van der Waals surface area contributed by atoms with Crippen LogP contribution in [0.5, 0.6) is 11.5 Å². The first-order valence-electron chi connectivity index (χ1n) is 6.84. The van der Waals surface area contributed by atoms with Crippen LogP contribution in [-0.2, 0) is 9.47 Å². The highest BCUT2D eigenvalue weighted by Gasteiger charge is 2.47. The van der Waals surface area contributed by atoms with Crippen molar-refractivity contribution in [1.82, 2.24) is 5.32 Å². The first-order valence-corrected chi connectivity index (χ1v) is 6.84. The second kappa shape index (κ2) is 4.87. The average molecular weight is 293 g/mol. The van der Waals surface area contributed by atoms with Gasteiger partial charge in [0.2, 0.25) is 6.79 Å². The van der Waals surface area contributed by atoms with Crippen LogP contribution in [0.15, 0.2) is 18.2 Å². The van der Waals surface area contributed by atoms with Crippen LogP contribution in [0.25, 0.3) is 0 Å². The summed E-state index contributed by atoms with van der Waals surface area (Å²) in [5.41, 5.74) is 0.487. The minimum Gasteiger partial charge on any atom is -0.454 e. The lowest BCUT2D eigenvalue weighted by molar-refractivity contribution is 0.0178. The van der Waals surface area contributed by atoms with Gasteiger partial charge >= 0.3 is 0 Å². The first kappa shape index (κ1) is 12.9. The fraction of sp³-hybridized carbons (Fsp3) is 0.500. The molecule has 2 N–H and O–H groups in total. The molecular weight excluding hydrogens is 278 g/mol. The zero-order chi connectivity index (χ0) is 14.4. The van der Waals surface area contributed by atoms with E-state index in [-0.39, 0.29) is 37.6 Å². The monoisotopic (exact) mass is 293 g/mol. The van der Waals surface area contributed by atoms with Gasteiger partial charge in [0.05, 0.1) is 19.3 Å². The SMILES string of the molecule is O=C(N[C@@H]1CO[C@H]2[C@@H]1OC[C@H]2O)c1ccc2c(c1)OCO2. The zero-order valence-electron chi connectivity index (χ0n) is 11.2. The molecule has 1 aromatic rings. The van der Waals surface area contributed by atoms with Gasteiger partial charge in [-0.3, -0.25) is 4.79 Å². The summed E-state index contributed by atoms with van der Waals surface area (Å²) < 4.78 is 21.4. The molecule has 1 amide bonds. The lowest BCUT2D eigenvalue weighted by atomic mass is 10.1. The summed E-state index contributed by atoms with van der Waals surface area (Å²) in [5, 5.41) is 12.6. The predicted molar refractivity (Wildman–Crippen MR) is 69.3 cm³/mol. The molecule has 7 nitrogen and oxygen atoms in total. The number of carbonyl (C=O) groups excluding carboxylic acids is 1. The first-order chi connectivity index (χ1) is 10.2. The van der Waals surface area contributed by atoms with Crippen molar-refractivity contribution in [3.63, 3.8) is 0 Å². The maximum atomic E-state index is 12.3. The Hall–Kier alpha value is -1.83. The van der Waals surface area contributed by atoms with Gasteiger partial charge in [-0.05, 0) is 18.2 Å². The normalized spacial score (nSPS) is 33.0. The Morgan fingerprint density at radius 2 is 1.95 bits per heavy atom. The van der Waals surface area contributed by atoms with Crippen LogP contribution in [-0.4, -0.2) is 55.4 Å². The molecule has 3 aliphatic rings. The van der Waals surface area contributed by atoms with Crippen molar-refractivity contribution in [2.24, 2.45) is 0 Å². The molecule has 2 fully saturated rings. The molecule has 1 aromatic carbocycles. The number of rotatable bonds is 2. The summed E-state index contributed by atoms with van der Waals surface area (Å²) in [7, 11) is 0. The Kier molecular flexibility index (Phi) is 2.99. The number of fused-ring (bicyclic) bond motifs is 2. The molecule has 2 saturated heterocycles. The van der Waals surface area contributed by atoms with E-state index in [1.165, 1.54) is 0 Å². The number of benzene rings is 1. The van der Waals surface area contributed by atoms with Crippen LogP contribution in [0.1, 0.15) is 10.4 Å². The van der Waals surface area contributed by atoms with Crippen LogP contribution < -0.4 is 14.8 Å². The number of hydrogen-bond donors (Lipinski definition) is 2. The molecule has 112 valence electrons. The van der Waals surface area contributed by atoms with Gasteiger partial charge in [0.1, 0.15) is 18.3 Å². The van der Waals surface area contributed by atoms with Crippen molar-refractivity contribution < 1.29 is 28.8 Å². The Morgan fingerprint density at radius 1 is 1.14 bits per heavy atom. The molecule has 0 saturated carbocycles. The summed E-state index contributed by atoms with van der Waals surface area (Å²) in [6, 6.07) is 4.78. The third kappa shape index (κ3) is 2.14. The summed E-state index contributed by atoms with van der Waals surface area (Å²) >= 11 is 0. The highest BCUT2D eigenvalue weighted by molar-refractivity contribution is 5.95. The number of aliphatic hydroxyl groups is 1. The van der Waals surface area contributed by atoms with Gasteiger partial charge in [-0.1, -0.05) is 0 Å². The lowest BCUT2D eigenvalue weighted by Crippen LogP contribution is -2.44. The van der Waals surface area contributed by atoms with Gasteiger partial charge in [-0.15, -0.1) is 0 Å².